The number of nitrogens with one attached hydrogen (secondary N) is 1. The van der Waals surface area contributed by atoms with Crippen molar-refractivity contribution in [1.29, 1.82) is 0 Å². The molecule has 1 aromatic rings. The molecule has 0 radical (unpaired) electrons. The number of rotatable bonds is 4. The van der Waals surface area contributed by atoms with Crippen LogP contribution in [0, 0.1) is 0 Å². The van der Waals surface area contributed by atoms with Crippen LogP contribution in [0.4, 0.5) is 8.78 Å². The van der Waals surface area contributed by atoms with E-state index in [0.717, 1.165) is 7.11 Å². The molecule has 0 fully saturated rings. The van der Waals surface area contributed by atoms with Gasteiger partial charge < -0.3 is 15.5 Å². The minimum absolute atomic E-state index is 0.0203. The Balaban J connectivity index is 3.24. The fraction of sp³-hybridized carbons (Fsp3) is 0.400. The summed E-state index contributed by atoms with van der Waals surface area (Å²) in [5.41, 5.74) is 4.21. The Labute approximate surface area is 95.6 Å². The van der Waals surface area contributed by atoms with E-state index in [-0.39, 0.29) is 24.1 Å². The summed E-state index contributed by atoms with van der Waals surface area (Å²) in [6, 6.07) is 1.21. The molecular formula is C10H12F2N2O3. The van der Waals surface area contributed by atoms with Crippen molar-refractivity contribution in [2.24, 2.45) is 5.73 Å². The average Bonchev–Trinajstić information content (AvgIpc) is 2.30. The van der Waals surface area contributed by atoms with E-state index in [1.165, 1.54) is 6.07 Å². The van der Waals surface area contributed by atoms with Gasteiger partial charge in [0.25, 0.3) is 12.0 Å². The van der Waals surface area contributed by atoms with E-state index >= 15 is 0 Å². The summed E-state index contributed by atoms with van der Waals surface area (Å²) in [4.78, 5) is 24.4. The summed E-state index contributed by atoms with van der Waals surface area (Å²) >= 11 is 0. The quantitative estimate of drug-likeness (QED) is 0.757. The van der Waals surface area contributed by atoms with Gasteiger partial charge in [-0.1, -0.05) is 0 Å². The van der Waals surface area contributed by atoms with E-state index in [2.05, 4.69) is 4.74 Å². The molecule has 0 aliphatic carbocycles. The molecule has 1 heterocycles. The fourth-order valence-electron chi connectivity index (χ4n) is 1.36. The molecular weight excluding hydrogens is 234 g/mol. The van der Waals surface area contributed by atoms with Gasteiger partial charge in [0.2, 0.25) is 0 Å². The van der Waals surface area contributed by atoms with Crippen LogP contribution < -0.4 is 11.3 Å². The topological polar surface area (TPSA) is 85.2 Å². The third-order valence-corrected chi connectivity index (χ3v) is 2.23. The van der Waals surface area contributed by atoms with Crippen molar-refractivity contribution in [3.8, 4) is 0 Å². The molecule has 94 valence electrons. The fourth-order valence-corrected chi connectivity index (χ4v) is 1.36. The summed E-state index contributed by atoms with van der Waals surface area (Å²) in [7, 11) is 1.15. The first-order valence-corrected chi connectivity index (χ1v) is 4.79. The van der Waals surface area contributed by atoms with Crippen LogP contribution in [0.3, 0.4) is 0 Å². The normalized spacial score (nSPS) is 10.6. The van der Waals surface area contributed by atoms with Crippen molar-refractivity contribution in [3.63, 3.8) is 0 Å². The first kappa shape index (κ1) is 13.3. The van der Waals surface area contributed by atoms with Gasteiger partial charge in [0.1, 0.15) is 0 Å². The van der Waals surface area contributed by atoms with Crippen molar-refractivity contribution in [2.45, 2.75) is 19.4 Å². The van der Waals surface area contributed by atoms with Crippen LogP contribution in [-0.2, 0) is 22.5 Å². The number of carbonyl (C=O) groups is 1. The number of hydrogen-bond donors (Lipinski definition) is 2. The summed E-state index contributed by atoms with van der Waals surface area (Å²) < 4.78 is 29.7. The highest BCUT2D eigenvalue weighted by Crippen LogP contribution is 2.20. The number of carbonyl (C=O) groups excluding carboxylic acids is 1. The number of H-pyrrole nitrogens is 1. The zero-order chi connectivity index (χ0) is 13.0. The molecule has 0 spiro atoms. The number of aromatic nitrogens is 1. The van der Waals surface area contributed by atoms with E-state index < -0.39 is 23.6 Å². The van der Waals surface area contributed by atoms with Crippen molar-refractivity contribution >= 4 is 5.97 Å². The van der Waals surface area contributed by atoms with Gasteiger partial charge in [-0.25, -0.2) is 8.78 Å². The molecule has 0 saturated heterocycles. The molecule has 3 N–H and O–H groups in total. The molecule has 0 aliphatic heterocycles. The highest BCUT2D eigenvalue weighted by Gasteiger charge is 2.18. The molecule has 1 rings (SSSR count). The third kappa shape index (κ3) is 3.10. The van der Waals surface area contributed by atoms with E-state index in [9.17, 15) is 18.4 Å². The lowest BCUT2D eigenvalue weighted by atomic mass is 10.1. The Morgan fingerprint density at radius 1 is 1.53 bits per heavy atom. The predicted molar refractivity (Wildman–Crippen MR) is 55.6 cm³/mol. The zero-order valence-electron chi connectivity index (χ0n) is 9.13. The number of pyridine rings is 1. The highest BCUT2D eigenvalue weighted by molar-refractivity contribution is 5.72. The minimum atomic E-state index is -2.87. The van der Waals surface area contributed by atoms with Gasteiger partial charge in [-0.2, -0.15) is 0 Å². The van der Waals surface area contributed by atoms with Gasteiger partial charge in [-0.3, -0.25) is 9.59 Å². The summed E-state index contributed by atoms with van der Waals surface area (Å²) in [5, 5.41) is 0. The molecule has 0 saturated carbocycles. The second kappa shape index (κ2) is 5.53. The monoisotopic (exact) mass is 246 g/mol. The number of nitrogens with two attached hydrogens (primary N) is 1. The van der Waals surface area contributed by atoms with Gasteiger partial charge in [0, 0.05) is 12.1 Å². The van der Waals surface area contributed by atoms with Crippen molar-refractivity contribution in [2.75, 3.05) is 7.11 Å². The Bertz CT molecular complexity index is 471. The maximum atomic E-state index is 12.6. The van der Waals surface area contributed by atoms with Crippen LogP contribution in [0.2, 0.25) is 0 Å². The van der Waals surface area contributed by atoms with Crippen LogP contribution >= 0.6 is 0 Å². The second-order valence-corrected chi connectivity index (χ2v) is 3.32. The molecule has 17 heavy (non-hydrogen) atoms. The Hall–Kier alpha value is -1.76. The highest BCUT2D eigenvalue weighted by atomic mass is 19.3. The number of aromatic amines is 1. The minimum Gasteiger partial charge on any atom is -0.469 e. The van der Waals surface area contributed by atoms with Crippen LogP contribution in [0.25, 0.3) is 0 Å². The SMILES string of the molecule is COC(=O)Cc1cc(CN)c(=O)[nH]c1C(F)F. The first-order valence-electron chi connectivity index (χ1n) is 4.79. The van der Waals surface area contributed by atoms with E-state index in [1.54, 1.807) is 0 Å². The number of ether oxygens (including phenoxy) is 1. The van der Waals surface area contributed by atoms with Crippen LogP contribution in [0.15, 0.2) is 10.9 Å². The van der Waals surface area contributed by atoms with Gasteiger partial charge in [0.05, 0.1) is 19.2 Å². The van der Waals surface area contributed by atoms with Crippen LogP contribution in [-0.4, -0.2) is 18.1 Å². The maximum Gasteiger partial charge on any atom is 0.310 e. The third-order valence-electron chi connectivity index (χ3n) is 2.23. The molecule has 0 unspecified atom stereocenters. The van der Waals surface area contributed by atoms with Crippen LogP contribution in [0.5, 0.6) is 0 Å². The smallest absolute Gasteiger partial charge is 0.310 e. The van der Waals surface area contributed by atoms with Crippen molar-refractivity contribution in [1.82, 2.24) is 4.98 Å². The second-order valence-electron chi connectivity index (χ2n) is 3.32. The first-order chi connectivity index (χ1) is 7.99. The summed E-state index contributed by atoms with van der Waals surface area (Å²) in [5.74, 6) is -0.665. The number of alkyl halides is 2. The van der Waals surface area contributed by atoms with Gasteiger partial charge in [-0.15, -0.1) is 0 Å². The summed E-state index contributed by atoms with van der Waals surface area (Å²) in [6.07, 6.45) is -3.20. The molecule has 0 amide bonds. The van der Waals surface area contributed by atoms with Gasteiger partial charge in [0.15, 0.2) is 0 Å². The maximum absolute atomic E-state index is 12.6. The predicted octanol–water partition coefficient (Wildman–Crippen LogP) is 0.487. The molecule has 0 aromatic carbocycles. The molecule has 0 atom stereocenters. The summed E-state index contributed by atoms with van der Waals surface area (Å²) in [6.45, 7) is -0.0903. The molecule has 7 heteroatoms. The van der Waals surface area contributed by atoms with Gasteiger partial charge in [-0.05, 0) is 11.6 Å². The lowest BCUT2D eigenvalue weighted by Gasteiger charge is -2.09. The van der Waals surface area contributed by atoms with E-state index in [0.29, 0.717) is 0 Å². The lowest BCUT2D eigenvalue weighted by molar-refractivity contribution is -0.139. The molecule has 0 aliphatic rings. The standard InChI is InChI=1S/C10H12F2N2O3/c1-17-7(15)3-5-2-6(4-13)10(16)14-8(5)9(11)12/h2,9H,3-4,13H2,1H3,(H,14,16). The van der Waals surface area contributed by atoms with Crippen LogP contribution in [0.1, 0.15) is 23.2 Å². The molecule has 0 bridgehead atoms. The lowest BCUT2D eigenvalue weighted by Crippen LogP contribution is -2.21. The molecule has 5 nitrogen and oxygen atoms in total. The number of methoxy groups -OCH3 is 1. The van der Waals surface area contributed by atoms with E-state index in [4.69, 9.17) is 5.73 Å². The number of esters is 1. The van der Waals surface area contributed by atoms with Crippen molar-refractivity contribution < 1.29 is 18.3 Å². The largest absolute Gasteiger partial charge is 0.469 e. The zero-order valence-corrected chi connectivity index (χ0v) is 9.13. The Morgan fingerprint density at radius 3 is 2.65 bits per heavy atom. The Morgan fingerprint density at radius 2 is 2.18 bits per heavy atom. The van der Waals surface area contributed by atoms with Gasteiger partial charge >= 0.3 is 5.97 Å². The average molecular weight is 246 g/mol. The van der Waals surface area contributed by atoms with Crippen molar-refractivity contribution in [3.05, 3.63) is 33.2 Å². The Kier molecular flexibility index (Phi) is 4.33. The number of hydrogen-bond acceptors (Lipinski definition) is 4. The van der Waals surface area contributed by atoms with E-state index in [1.807, 2.05) is 4.98 Å². The number of halogens is 2. The molecule has 1 aromatic heterocycles.